The second-order valence-electron chi connectivity index (χ2n) is 9.89. The van der Waals surface area contributed by atoms with E-state index in [1.54, 1.807) is 25.3 Å². The Bertz CT molecular complexity index is 1510. The van der Waals surface area contributed by atoms with Crippen LogP contribution in [0, 0.1) is 5.82 Å². The van der Waals surface area contributed by atoms with Crippen LogP contribution in [0.3, 0.4) is 0 Å². The quantitative estimate of drug-likeness (QED) is 0.465. The van der Waals surface area contributed by atoms with Crippen LogP contribution >= 0.6 is 0 Å². The third-order valence-corrected chi connectivity index (χ3v) is 8.26. The zero-order valence-corrected chi connectivity index (χ0v) is 22.6. The molecular formula is C28H29FN2O7S. The van der Waals surface area contributed by atoms with E-state index in [9.17, 15) is 17.6 Å². The highest BCUT2D eigenvalue weighted by Crippen LogP contribution is 2.41. The number of amides is 1. The van der Waals surface area contributed by atoms with Crippen molar-refractivity contribution >= 4 is 21.6 Å². The SMILES string of the molecule is COc1ccc2c(c1)C(NC(=O)CN(c1cccc(F)c1)S(=O)(=O)c1ccc3c(c1)OCCO3)CC(C)(C)O2. The van der Waals surface area contributed by atoms with Crippen LogP contribution in [0.1, 0.15) is 31.9 Å². The molecule has 1 amide bonds. The summed E-state index contributed by atoms with van der Waals surface area (Å²) in [5.74, 6) is 0.689. The fourth-order valence-corrected chi connectivity index (χ4v) is 6.15. The first-order chi connectivity index (χ1) is 18.6. The van der Waals surface area contributed by atoms with E-state index in [1.807, 2.05) is 13.8 Å². The van der Waals surface area contributed by atoms with Crippen LogP contribution in [0.25, 0.3) is 0 Å². The van der Waals surface area contributed by atoms with Crippen molar-refractivity contribution in [3.8, 4) is 23.0 Å². The summed E-state index contributed by atoms with van der Waals surface area (Å²) in [7, 11) is -2.76. The van der Waals surface area contributed by atoms with Crippen LogP contribution < -0.4 is 28.6 Å². The molecule has 1 atom stereocenters. The molecule has 39 heavy (non-hydrogen) atoms. The Hall–Kier alpha value is -3.99. The molecule has 5 rings (SSSR count). The minimum absolute atomic E-state index is 0.00872. The van der Waals surface area contributed by atoms with Gasteiger partial charge in [0, 0.05) is 18.1 Å². The molecule has 0 saturated carbocycles. The molecule has 0 aromatic heterocycles. The lowest BCUT2D eigenvalue weighted by Gasteiger charge is -2.38. The highest BCUT2D eigenvalue weighted by molar-refractivity contribution is 7.92. The van der Waals surface area contributed by atoms with Crippen LogP contribution in [0.5, 0.6) is 23.0 Å². The van der Waals surface area contributed by atoms with Gasteiger partial charge in [-0.2, -0.15) is 0 Å². The number of nitrogens with one attached hydrogen (secondary N) is 1. The number of carbonyl (C=O) groups excluding carboxylic acids is 1. The molecule has 0 saturated heterocycles. The Balaban J connectivity index is 1.47. The van der Waals surface area contributed by atoms with Gasteiger partial charge in [-0.1, -0.05) is 6.07 Å². The number of benzene rings is 3. The monoisotopic (exact) mass is 556 g/mol. The molecule has 0 spiro atoms. The molecular weight excluding hydrogens is 527 g/mol. The van der Waals surface area contributed by atoms with Crippen LogP contribution in [0.2, 0.25) is 0 Å². The molecule has 0 radical (unpaired) electrons. The van der Waals surface area contributed by atoms with Crippen molar-refractivity contribution in [3.05, 3.63) is 72.0 Å². The van der Waals surface area contributed by atoms with Crippen LogP contribution in [-0.2, 0) is 14.8 Å². The number of rotatable bonds is 7. The maximum Gasteiger partial charge on any atom is 0.264 e. The van der Waals surface area contributed by atoms with Gasteiger partial charge in [0.25, 0.3) is 10.0 Å². The van der Waals surface area contributed by atoms with Crippen molar-refractivity contribution in [1.29, 1.82) is 0 Å². The largest absolute Gasteiger partial charge is 0.497 e. The van der Waals surface area contributed by atoms with Crippen molar-refractivity contribution in [2.24, 2.45) is 0 Å². The van der Waals surface area contributed by atoms with E-state index in [0.717, 1.165) is 10.4 Å². The number of nitrogens with zero attached hydrogens (tertiary/aromatic N) is 1. The summed E-state index contributed by atoms with van der Waals surface area (Å²) < 4.78 is 65.2. The molecule has 9 nitrogen and oxygen atoms in total. The van der Waals surface area contributed by atoms with Gasteiger partial charge in [-0.3, -0.25) is 9.10 Å². The van der Waals surface area contributed by atoms with Crippen LogP contribution in [0.4, 0.5) is 10.1 Å². The number of carbonyl (C=O) groups is 1. The number of hydrogen-bond donors (Lipinski definition) is 1. The zero-order chi connectivity index (χ0) is 27.8. The van der Waals surface area contributed by atoms with Crippen molar-refractivity contribution in [2.75, 3.05) is 31.2 Å². The third-order valence-electron chi connectivity index (χ3n) is 6.49. The van der Waals surface area contributed by atoms with Gasteiger partial charge in [-0.05, 0) is 62.4 Å². The normalized spacial score (nSPS) is 17.4. The standard InChI is InChI=1S/C28H29FN2O7S/c1-28(2)16-23(22-14-20(35-3)7-9-24(22)38-28)30-27(32)17-31(19-6-4-5-18(29)13-19)39(33,34)21-8-10-25-26(15-21)37-12-11-36-25/h4-10,13-15,23H,11-12,16-17H2,1-3H3,(H,30,32). The Morgan fingerprint density at radius 2 is 1.79 bits per heavy atom. The Morgan fingerprint density at radius 1 is 1.05 bits per heavy atom. The van der Waals surface area contributed by atoms with Crippen molar-refractivity contribution in [2.45, 2.75) is 36.8 Å². The van der Waals surface area contributed by atoms with E-state index in [2.05, 4.69) is 5.32 Å². The number of halogens is 1. The second kappa shape index (κ2) is 10.3. The van der Waals surface area contributed by atoms with E-state index in [-0.39, 0.29) is 22.9 Å². The molecule has 11 heteroatoms. The first-order valence-electron chi connectivity index (χ1n) is 12.4. The minimum atomic E-state index is -4.31. The lowest BCUT2D eigenvalue weighted by molar-refractivity contribution is -0.120. The topological polar surface area (TPSA) is 103 Å². The van der Waals surface area contributed by atoms with Gasteiger partial charge in [0.05, 0.1) is 23.7 Å². The van der Waals surface area contributed by atoms with E-state index < -0.39 is 39.9 Å². The van der Waals surface area contributed by atoms with E-state index in [0.29, 0.717) is 35.8 Å². The maximum atomic E-state index is 14.2. The number of methoxy groups -OCH3 is 1. The molecule has 206 valence electrons. The van der Waals surface area contributed by atoms with Crippen molar-refractivity contribution in [1.82, 2.24) is 5.32 Å². The zero-order valence-electron chi connectivity index (χ0n) is 21.8. The summed E-state index contributed by atoms with van der Waals surface area (Å²) >= 11 is 0. The van der Waals surface area contributed by atoms with Gasteiger partial charge in [0.15, 0.2) is 11.5 Å². The first-order valence-corrected chi connectivity index (χ1v) is 13.8. The molecule has 2 heterocycles. The summed E-state index contributed by atoms with van der Waals surface area (Å²) in [6.45, 7) is 3.86. The summed E-state index contributed by atoms with van der Waals surface area (Å²) in [6.07, 6.45) is 0.438. The predicted octanol–water partition coefficient (Wildman–Crippen LogP) is 4.22. The van der Waals surface area contributed by atoms with E-state index in [4.69, 9.17) is 18.9 Å². The molecule has 2 aliphatic rings. The third kappa shape index (κ3) is 5.58. The van der Waals surface area contributed by atoms with E-state index in [1.165, 1.54) is 36.4 Å². The number of hydrogen-bond acceptors (Lipinski definition) is 7. The van der Waals surface area contributed by atoms with Gasteiger partial charge in [-0.15, -0.1) is 0 Å². The summed E-state index contributed by atoms with van der Waals surface area (Å²) in [4.78, 5) is 13.3. The fourth-order valence-electron chi connectivity index (χ4n) is 4.72. The second-order valence-corrected chi connectivity index (χ2v) is 11.7. The molecule has 3 aromatic rings. The number of sulfonamides is 1. The molecule has 3 aromatic carbocycles. The predicted molar refractivity (Wildman–Crippen MR) is 142 cm³/mol. The molecule has 0 fully saturated rings. The van der Waals surface area contributed by atoms with Gasteiger partial charge in [0.1, 0.15) is 42.7 Å². The lowest BCUT2D eigenvalue weighted by atomic mass is 9.89. The summed E-state index contributed by atoms with van der Waals surface area (Å²) in [5.41, 5.74) is 0.141. The Labute approximate surface area is 226 Å². The Kier molecular flexibility index (Phi) is 7.02. The van der Waals surface area contributed by atoms with Crippen molar-refractivity contribution in [3.63, 3.8) is 0 Å². The maximum absolute atomic E-state index is 14.2. The molecule has 1 N–H and O–H groups in total. The number of fused-ring (bicyclic) bond motifs is 2. The fraction of sp³-hybridized carbons (Fsp3) is 0.321. The lowest BCUT2D eigenvalue weighted by Crippen LogP contribution is -2.45. The summed E-state index contributed by atoms with van der Waals surface area (Å²) in [5, 5.41) is 2.95. The van der Waals surface area contributed by atoms with Gasteiger partial charge in [-0.25, -0.2) is 12.8 Å². The highest BCUT2D eigenvalue weighted by Gasteiger charge is 2.36. The van der Waals surface area contributed by atoms with E-state index >= 15 is 0 Å². The average Bonchev–Trinajstić information content (AvgIpc) is 2.90. The molecule has 0 aliphatic carbocycles. The van der Waals surface area contributed by atoms with Gasteiger partial charge in [0.2, 0.25) is 5.91 Å². The van der Waals surface area contributed by atoms with Crippen LogP contribution in [-0.4, -0.2) is 46.8 Å². The Morgan fingerprint density at radius 3 is 2.54 bits per heavy atom. The van der Waals surface area contributed by atoms with Crippen LogP contribution in [0.15, 0.2) is 65.6 Å². The first kappa shape index (κ1) is 26.6. The highest BCUT2D eigenvalue weighted by atomic mass is 32.2. The van der Waals surface area contributed by atoms with Gasteiger partial charge >= 0.3 is 0 Å². The van der Waals surface area contributed by atoms with Crippen molar-refractivity contribution < 1.29 is 36.6 Å². The molecule has 1 unspecified atom stereocenters. The minimum Gasteiger partial charge on any atom is -0.497 e. The van der Waals surface area contributed by atoms with Gasteiger partial charge < -0.3 is 24.3 Å². The smallest absolute Gasteiger partial charge is 0.264 e. The average molecular weight is 557 g/mol. The summed E-state index contributed by atoms with van der Waals surface area (Å²) in [6, 6.07) is 14.2. The number of ether oxygens (including phenoxy) is 4. The molecule has 2 aliphatic heterocycles. The number of anilines is 1. The molecule has 0 bridgehead atoms.